The molecule has 0 aliphatic heterocycles. The van der Waals surface area contributed by atoms with Crippen LogP contribution in [-0.4, -0.2) is 72.8 Å². The van der Waals surface area contributed by atoms with Gasteiger partial charge in [0, 0.05) is 46.4 Å². The van der Waals surface area contributed by atoms with Crippen LogP contribution in [0, 0.1) is 6.92 Å². The highest BCUT2D eigenvalue weighted by molar-refractivity contribution is 14.2. The molecular formula is C22H28BrIN6O3S2. The quantitative estimate of drug-likeness (QED) is 0.196. The number of rotatable bonds is 13. The first-order valence-corrected chi connectivity index (χ1v) is 16.0. The molecule has 35 heavy (non-hydrogen) atoms. The van der Waals surface area contributed by atoms with E-state index in [2.05, 4.69) is 68.5 Å². The molecule has 0 aliphatic rings. The van der Waals surface area contributed by atoms with Gasteiger partial charge in [0.25, 0.3) is 0 Å². The number of ether oxygens (including phenoxy) is 1. The van der Waals surface area contributed by atoms with Crippen LogP contribution in [0.25, 0.3) is 11.4 Å². The van der Waals surface area contributed by atoms with Crippen molar-refractivity contribution < 1.29 is 14.9 Å². The third-order valence-electron chi connectivity index (χ3n) is 5.09. The van der Waals surface area contributed by atoms with Gasteiger partial charge in [-0.05, 0) is 63.8 Å². The number of benzene rings is 1. The van der Waals surface area contributed by atoms with Crippen molar-refractivity contribution in [3.05, 3.63) is 46.5 Å². The second-order valence-corrected chi connectivity index (χ2v) is 12.6. The predicted molar refractivity (Wildman–Crippen MR) is 154 cm³/mol. The van der Waals surface area contributed by atoms with Crippen LogP contribution < -0.4 is 9.04 Å². The first-order chi connectivity index (χ1) is 16.9. The SMILES string of the molecule is COc1ccc(Br)c(-c2nnc(N(CCSI)SC(C)Cc3ncc(C)cn3)n2C(CO)CO)c1. The number of aryl methyl sites for hydroxylation is 1. The summed E-state index contributed by atoms with van der Waals surface area (Å²) in [6.45, 7) is 4.26. The van der Waals surface area contributed by atoms with E-state index in [1.54, 1.807) is 32.6 Å². The smallest absolute Gasteiger partial charge is 0.238 e. The van der Waals surface area contributed by atoms with Gasteiger partial charge in [-0.25, -0.2) is 9.97 Å². The highest BCUT2D eigenvalue weighted by Gasteiger charge is 2.27. The first-order valence-electron chi connectivity index (χ1n) is 10.9. The summed E-state index contributed by atoms with van der Waals surface area (Å²) in [6, 6.07) is 4.97. The van der Waals surface area contributed by atoms with Crippen LogP contribution in [0.4, 0.5) is 5.95 Å². The molecule has 13 heteroatoms. The van der Waals surface area contributed by atoms with Crippen LogP contribution in [0.3, 0.4) is 0 Å². The average molecular weight is 695 g/mol. The van der Waals surface area contributed by atoms with Crippen molar-refractivity contribution >= 4 is 64.0 Å². The van der Waals surface area contributed by atoms with Crippen molar-refractivity contribution in [2.75, 3.05) is 36.9 Å². The Morgan fingerprint density at radius 3 is 2.54 bits per heavy atom. The summed E-state index contributed by atoms with van der Waals surface area (Å²) >= 11 is 7.50. The highest BCUT2D eigenvalue weighted by Crippen LogP contribution is 2.36. The molecule has 0 spiro atoms. The predicted octanol–water partition coefficient (Wildman–Crippen LogP) is 4.51. The lowest BCUT2D eigenvalue weighted by molar-refractivity contribution is 0.156. The Morgan fingerprint density at radius 2 is 1.91 bits per heavy atom. The van der Waals surface area contributed by atoms with Crippen molar-refractivity contribution in [2.45, 2.75) is 31.6 Å². The van der Waals surface area contributed by atoms with Gasteiger partial charge < -0.3 is 14.9 Å². The Labute approximate surface area is 234 Å². The largest absolute Gasteiger partial charge is 0.497 e. The Hall–Kier alpha value is -1.13. The molecule has 0 radical (unpaired) electrons. The van der Waals surface area contributed by atoms with Gasteiger partial charge in [0.05, 0.1) is 26.4 Å². The summed E-state index contributed by atoms with van der Waals surface area (Å²) < 4.78 is 10.1. The number of nitrogens with zero attached hydrogens (tertiary/aromatic N) is 6. The second kappa shape index (κ2) is 14.0. The maximum atomic E-state index is 10.1. The zero-order chi connectivity index (χ0) is 25.4. The lowest BCUT2D eigenvalue weighted by Gasteiger charge is -2.28. The molecule has 2 heterocycles. The summed E-state index contributed by atoms with van der Waals surface area (Å²) in [5, 5.41) is 29.4. The molecule has 3 aromatic rings. The molecule has 0 saturated carbocycles. The van der Waals surface area contributed by atoms with Crippen molar-refractivity contribution in [2.24, 2.45) is 0 Å². The molecule has 3 rings (SSSR count). The fourth-order valence-electron chi connectivity index (χ4n) is 3.35. The third-order valence-corrected chi connectivity index (χ3v) is 8.56. The van der Waals surface area contributed by atoms with Gasteiger partial charge in [-0.15, -0.1) is 10.2 Å². The van der Waals surface area contributed by atoms with Crippen molar-refractivity contribution in [1.29, 1.82) is 0 Å². The molecule has 9 nitrogen and oxygen atoms in total. The van der Waals surface area contributed by atoms with Crippen LogP contribution in [0.5, 0.6) is 5.75 Å². The van der Waals surface area contributed by atoms with Crippen molar-refractivity contribution in [3.8, 4) is 17.1 Å². The van der Waals surface area contributed by atoms with E-state index in [4.69, 9.17) is 4.74 Å². The van der Waals surface area contributed by atoms with Crippen molar-refractivity contribution in [1.82, 2.24) is 24.7 Å². The normalized spacial score (nSPS) is 12.2. The minimum Gasteiger partial charge on any atom is -0.497 e. The van der Waals surface area contributed by atoms with E-state index < -0.39 is 6.04 Å². The molecule has 0 fully saturated rings. The lowest BCUT2D eigenvalue weighted by atomic mass is 10.2. The zero-order valence-corrected chi connectivity index (χ0v) is 25.0. The molecule has 0 bridgehead atoms. The maximum Gasteiger partial charge on any atom is 0.238 e. The number of hydrogen-bond donors (Lipinski definition) is 2. The summed E-state index contributed by atoms with van der Waals surface area (Å²) in [5.41, 5.74) is 1.78. The Morgan fingerprint density at radius 1 is 1.20 bits per heavy atom. The summed E-state index contributed by atoms with van der Waals surface area (Å²) in [7, 11) is 3.31. The van der Waals surface area contributed by atoms with E-state index in [9.17, 15) is 10.2 Å². The lowest BCUT2D eigenvalue weighted by Crippen LogP contribution is -2.28. The Kier molecular flexibility index (Phi) is 11.4. The van der Waals surface area contributed by atoms with Crippen molar-refractivity contribution in [3.63, 3.8) is 0 Å². The highest BCUT2D eigenvalue weighted by atomic mass is 127. The maximum absolute atomic E-state index is 10.1. The molecule has 0 amide bonds. The number of aliphatic hydroxyl groups is 2. The van der Waals surface area contributed by atoms with Gasteiger partial charge in [-0.2, -0.15) is 0 Å². The molecule has 1 unspecified atom stereocenters. The molecule has 190 valence electrons. The van der Waals surface area contributed by atoms with E-state index >= 15 is 0 Å². The van der Waals surface area contributed by atoms with Gasteiger partial charge in [0.15, 0.2) is 5.82 Å². The molecule has 0 aliphatic carbocycles. The summed E-state index contributed by atoms with van der Waals surface area (Å²) in [6.07, 6.45) is 4.34. The van der Waals surface area contributed by atoms with Gasteiger partial charge >= 0.3 is 0 Å². The third kappa shape index (κ3) is 7.44. The average Bonchev–Trinajstić information content (AvgIpc) is 3.29. The van der Waals surface area contributed by atoms with Gasteiger partial charge in [0.1, 0.15) is 11.6 Å². The molecule has 0 saturated heterocycles. The van der Waals surface area contributed by atoms with Crippen LogP contribution in [-0.2, 0) is 6.42 Å². The number of anilines is 1. The standard InChI is InChI=1S/C22H28BrIN6O3S2/c1-14-10-25-20(26-11-14)8-15(2)35-29(6-7-34-24)22-28-27-21(30(22)16(12-31)13-32)18-9-17(33-3)4-5-19(18)23/h4-5,9-11,15-16,31-32H,6-8,12-13H2,1-3H3. The Balaban J connectivity index is 2.00. The number of aromatic nitrogens is 5. The molecule has 2 aromatic heterocycles. The topological polar surface area (TPSA) is 109 Å². The second-order valence-electron chi connectivity index (χ2n) is 7.77. The number of methoxy groups -OCH3 is 1. The van der Waals surface area contributed by atoms with E-state index in [0.717, 1.165) is 27.2 Å². The van der Waals surface area contributed by atoms with Crippen LogP contribution in [0.1, 0.15) is 24.4 Å². The van der Waals surface area contributed by atoms with Crippen LogP contribution in [0.2, 0.25) is 0 Å². The van der Waals surface area contributed by atoms with E-state index in [1.165, 1.54) is 0 Å². The fraction of sp³-hybridized carbons (Fsp3) is 0.455. The monoisotopic (exact) mass is 694 g/mol. The molecular weight excluding hydrogens is 667 g/mol. The number of halogens is 2. The minimum absolute atomic E-state index is 0.149. The van der Waals surface area contributed by atoms with E-state index in [0.29, 0.717) is 30.5 Å². The number of hydrogen-bond acceptors (Lipinski definition) is 10. The number of aliphatic hydroxyl groups excluding tert-OH is 2. The zero-order valence-electron chi connectivity index (χ0n) is 19.6. The Bertz CT molecular complexity index is 1090. The first kappa shape index (κ1) is 28.4. The molecule has 1 atom stereocenters. The summed E-state index contributed by atoms with van der Waals surface area (Å²) in [4.78, 5) is 8.88. The van der Waals surface area contributed by atoms with E-state index in [-0.39, 0.29) is 18.5 Å². The molecule has 1 aromatic carbocycles. The van der Waals surface area contributed by atoms with Gasteiger partial charge in [-0.3, -0.25) is 8.87 Å². The van der Waals surface area contributed by atoms with E-state index in [1.807, 2.05) is 37.5 Å². The molecule has 2 N–H and O–H groups in total. The fourth-order valence-corrected chi connectivity index (χ4v) is 5.81. The van der Waals surface area contributed by atoms with Gasteiger partial charge in [-0.1, -0.05) is 31.8 Å². The van der Waals surface area contributed by atoms with Crippen LogP contribution >= 0.6 is 58.0 Å². The van der Waals surface area contributed by atoms with Gasteiger partial charge in [0.2, 0.25) is 5.95 Å². The summed E-state index contributed by atoms with van der Waals surface area (Å²) in [5.74, 6) is 3.40. The van der Waals surface area contributed by atoms with Crippen LogP contribution in [0.15, 0.2) is 35.1 Å². The minimum atomic E-state index is -0.612.